The molecule has 2 aliphatic rings. The van der Waals surface area contributed by atoms with Crippen LogP contribution in [-0.4, -0.2) is 28.5 Å². The van der Waals surface area contributed by atoms with Gasteiger partial charge in [0, 0.05) is 17.7 Å². The lowest BCUT2D eigenvalue weighted by Gasteiger charge is -2.44. The highest BCUT2D eigenvalue weighted by Gasteiger charge is 2.49. The molecule has 156 valence electrons. The highest BCUT2D eigenvalue weighted by Crippen LogP contribution is 2.47. The van der Waals surface area contributed by atoms with Gasteiger partial charge in [0.2, 0.25) is 0 Å². The maximum absolute atomic E-state index is 13.5. The van der Waals surface area contributed by atoms with Crippen LogP contribution in [0.1, 0.15) is 67.9 Å². The van der Waals surface area contributed by atoms with Crippen LogP contribution in [0.15, 0.2) is 59.6 Å². The average molecular weight is 403 g/mol. The van der Waals surface area contributed by atoms with E-state index in [2.05, 4.69) is 20.8 Å². The predicted molar refractivity (Wildman–Crippen MR) is 120 cm³/mol. The topological polar surface area (TPSA) is 49.7 Å². The average Bonchev–Trinajstić information content (AvgIpc) is 3.01. The first-order chi connectivity index (χ1) is 14.3. The van der Waals surface area contributed by atoms with E-state index in [9.17, 15) is 9.59 Å². The minimum Gasteiger partial charge on any atom is -0.308 e. The Morgan fingerprint density at radius 2 is 1.67 bits per heavy atom. The van der Waals surface area contributed by atoms with Gasteiger partial charge in [-0.1, -0.05) is 75.4 Å². The van der Waals surface area contributed by atoms with Crippen molar-refractivity contribution in [2.24, 2.45) is 16.3 Å². The van der Waals surface area contributed by atoms with E-state index in [-0.39, 0.29) is 11.3 Å². The van der Waals surface area contributed by atoms with E-state index in [1.165, 1.54) is 0 Å². The number of nitrogens with zero attached hydrogens (tertiary/aromatic N) is 2. The van der Waals surface area contributed by atoms with Gasteiger partial charge in [-0.3, -0.25) is 14.6 Å². The number of aliphatic imine (C=N–C) groups is 1. The number of aldehydes is 1. The normalized spacial score (nSPS) is 24.2. The summed E-state index contributed by atoms with van der Waals surface area (Å²) >= 11 is 0. The molecule has 0 atom stereocenters. The number of carbonyl (C=O) groups excluding carboxylic acids is 2. The second kappa shape index (κ2) is 7.82. The molecule has 0 unspecified atom stereocenters. The molecule has 0 N–H and O–H groups in total. The molecule has 1 amide bonds. The molecule has 4 heteroatoms. The van der Waals surface area contributed by atoms with Crippen LogP contribution in [0, 0.1) is 11.3 Å². The largest absolute Gasteiger partial charge is 0.308 e. The van der Waals surface area contributed by atoms with Crippen molar-refractivity contribution in [3.05, 3.63) is 71.3 Å². The Balaban J connectivity index is 1.66. The Hall–Kier alpha value is -2.75. The highest BCUT2D eigenvalue weighted by molar-refractivity contribution is 6.46. The third kappa shape index (κ3) is 3.83. The lowest BCUT2D eigenvalue weighted by molar-refractivity contribution is -0.130. The van der Waals surface area contributed by atoms with Crippen LogP contribution >= 0.6 is 0 Å². The molecular formula is C26H30N2O2. The van der Waals surface area contributed by atoms with Crippen molar-refractivity contribution >= 4 is 17.9 Å². The summed E-state index contributed by atoms with van der Waals surface area (Å²) in [4.78, 5) is 31.6. The van der Waals surface area contributed by atoms with Gasteiger partial charge in [-0.15, -0.1) is 0 Å². The Morgan fingerprint density at radius 1 is 1.03 bits per heavy atom. The number of benzene rings is 2. The molecular weight excluding hydrogens is 372 g/mol. The second-order valence-electron chi connectivity index (χ2n) is 9.70. The Bertz CT molecular complexity index is 947. The second-order valence-corrected chi connectivity index (χ2v) is 9.70. The molecule has 1 fully saturated rings. The Morgan fingerprint density at radius 3 is 2.23 bits per heavy atom. The van der Waals surface area contributed by atoms with E-state index in [4.69, 9.17) is 4.99 Å². The van der Waals surface area contributed by atoms with Crippen molar-refractivity contribution in [2.75, 3.05) is 0 Å². The maximum Gasteiger partial charge on any atom is 0.274 e. The zero-order valence-corrected chi connectivity index (χ0v) is 18.1. The molecule has 4 nitrogen and oxygen atoms in total. The third-order valence-corrected chi connectivity index (χ3v) is 6.78. The van der Waals surface area contributed by atoms with Crippen molar-refractivity contribution in [1.82, 2.24) is 4.90 Å². The van der Waals surface area contributed by atoms with Gasteiger partial charge in [0.05, 0.1) is 0 Å². The lowest BCUT2D eigenvalue weighted by atomic mass is 9.69. The zero-order chi connectivity index (χ0) is 21.4. The first-order valence-corrected chi connectivity index (χ1v) is 10.8. The van der Waals surface area contributed by atoms with Crippen LogP contribution < -0.4 is 0 Å². The van der Waals surface area contributed by atoms with Crippen molar-refractivity contribution in [2.45, 2.75) is 58.7 Å². The van der Waals surface area contributed by atoms with E-state index < -0.39 is 5.66 Å². The van der Waals surface area contributed by atoms with Crippen molar-refractivity contribution in [3.63, 3.8) is 0 Å². The molecule has 1 aliphatic carbocycles. The molecule has 1 heterocycles. The number of hydrogen-bond donors (Lipinski definition) is 0. The number of hydrogen-bond acceptors (Lipinski definition) is 3. The standard InChI is InChI=1S/C26H30N2O2/c1-25(2,3)22-13-15-26(16-14-22)27-23(21-7-5-4-6-8-21)24(30)28(26)17-19-9-11-20(18-29)12-10-19/h4-12,18,22H,13-17H2,1-3H3. The minimum atomic E-state index is -0.465. The molecule has 1 aliphatic heterocycles. The molecule has 0 aromatic heterocycles. The fraction of sp³-hybridized carbons (Fsp3) is 0.423. The first-order valence-electron chi connectivity index (χ1n) is 10.8. The van der Waals surface area contributed by atoms with Gasteiger partial charge in [-0.2, -0.15) is 0 Å². The molecule has 30 heavy (non-hydrogen) atoms. The summed E-state index contributed by atoms with van der Waals surface area (Å²) in [5.74, 6) is 0.651. The molecule has 4 rings (SSSR count). The summed E-state index contributed by atoms with van der Waals surface area (Å²) in [6.45, 7) is 7.43. The molecule has 0 radical (unpaired) electrons. The van der Waals surface area contributed by atoms with Crippen molar-refractivity contribution < 1.29 is 9.59 Å². The first kappa shape index (κ1) is 20.5. The summed E-state index contributed by atoms with van der Waals surface area (Å²) in [6.07, 6.45) is 4.77. The SMILES string of the molecule is CC(C)(C)C1CCC2(CC1)N=C(c1ccccc1)C(=O)N2Cc1ccc(C=O)cc1. The smallest absolute Gasteiger partial charge is 0.274 e. The highest BCUT2D eigenvalue weighted by atomic mass is 16.2. The quantitative estimate of drug-likeness (QED) is 0.655. The fourth-order valence-electron chi connectivity index (χ4n) is 4.85. The van der Waals surface area contributed by atoms with Gasteiger partial charge >= 0.3 is 0 Å². The summed E-state index contributed by atoms with van der Waals surface area (Å²) in [7, 11) is 0. The van der Waals surface area contributed by atoms with Gasteiger partial charge in [-0.25, -0.2) is 0 Å². The van der Waals surface area contributed by atoms with Crippen LogP contribution in [0.2, 0.25) is 0 Å². The Labute approximate surface area is 179 Å². The van der Waals surface area contributed by atoms with Crippen LogP contribution in [0.4, 0.5) is 0 Å². The van der Waals surface area contributed by atoms with Gasteiger partial charge in [-0.05, 0) is 42.6 Å². The van der Waals surface area contributed by atoms with Gasteiger partial charge < -0.3 is 4.90 Å². The molecule has 2 aromatic carbocycles. The maximum atomic E-state index is 13.5. The van der Waals surface area contributed by atoms with Gasteiger partial charge in [0.15, 0.2) is 0 Å². The minimum absolute atomic E-state index is 0.00914. The summed E-state index contributed by atoms with van der Waals surface area (Å²) in [5, 5.41) is 0. The summed E-state index contributed by atoms with van der Waals surface area (Å²) < 4.78 is 0. The molecule has 0 saturated heterocycles. The zero-order valence-electron chi connectivity index (χ0n) is 18.1. The van der Waals surface area contributed by atoms with Crippen LogP contribution in [0.5, 0.6) is 0 Å². The fourth-order valence-corrected chi connectivity index (χ4v) is 4.85. The Kier molecular flexibility index (Phi) is 5.35. The molecule has 0 bridgehead atoms. The van der Waals surface area contributed by atoms with E-state index in [0.29, 0.717) is 23.7 Å². The molecule has 1 spiro atoms. The third-order valence-electron chi connectivity index (χ3n) is 6.78. The van der Waals surface area contributed by atoms with Crippen LogP contribution in [0.3, 0.4) is 0 Å². The summed E-state index contributed by atoms with van der Waals surface area (Å²) in [5.41, 5.74) is 2.94. The predicted octanol–water partition coefficient (Wildman–Crippen LogP) is 5.26. The van der Waals surface area contributed by atoms with E-state index in [0.717, 1.165) is 43.1 Å². The number of rotatable bonds is 4. The van der Waals surface area contributed by atoms with E-state index >= 15 is 0 Å². The number of carbonyl (C=O) groups is 2. The van der Waals surface area contributed by atoms with E-state index in [1.54, 1.807) is 0 Å². The molecule has 2 aromatic rings. The van der Waals surface area contributed by atoms with Crippen LogP contribution in [-0.2, 0) is 11.3 Å². The van der Waals surface area contributed by atoms with Crippen molar-refractivity contribution in [3.8, 4) is 0 Å². The van der Waals surface area contributed by atoms with E-state index in [1.807, 2.05) is 59.5 Å². The monoisotopic (exact) mass is 402 g/mol. The number of amides is 1. The van der Waals surface area contributed by atoms with Gasteiger partial charge in [0.25, 0.3) is 5.91 Å². The lowest BCUT2D eigenvalue weighted by Crippen LogP contribution is -2.49. The molecule has 1 saturated carbocycles. The van der Waals surface area contributed by atoms with Crippen molar-refractivity contribution in [1.29, 1.82) is 0 Å². The summed E-state index contributed by atoms with van der Waals surface area (Å²) in [6, 6.07) is 17.3. The van der Waals surface area contributed by atoms with Gasteiger partial charge in [0.1, 0.15) is 17.7 Å². The van der Waals surface area contributed by atoms with Crippen LogP contribution in [0.25, 0.3) is 0 Å².